The first kappa shape index (κ1) is 25.9. The van der Waals surface area contributed by atoms with Crippen molar-refractivity contribution < 1.29 is 29.0 Å². The molecule has 1 radical (unpaired) electrons. The fraction of sp³-hybridized carbons (Fsp3) is 0.840. The van der Waals surface area contributed by atoms with E-state index in [1.54, 1.807) is 0 Å². The summed E-state index contributed by atoms with van der Waals surface area (Å²) >= 11 is 0. The maximum absolute atomic E-state index is 13.0. The zero-order chi connectivity index (χ0) is 22.4. The minimum Gasteiger partial charge on any atom is -0.481 e. The standard InChI is InChI=1S/C25H36O6.Na/c1-24-11-9-16(26)13-15(24)3-4-17-18-5-6-20(25(18,2)12-10-19(17)24)21(27)14-31-23(30)8-7-22(28)29;/h15,17-20H,3-14H2,1-2H3,(H,28,29);/t15-,17+,18+,19+,20-,24+,25+;/m1./s1. The zero-order valence-electron chi connectivity index (χ0n) is 19.9. The number of ether oxygens (including phenoxy) is 1. The van der Waals surface area contributed by atoms with Gasteiger partial charge in [0, 0.05) is 48.3 Å². The first-order chi connectivity index (χ1) is 14.6. The Morgan fingerprint density at radius 3 is 2.41 bits per heavy atom. The second kappa shape index (κ2) is 9.87. The molecule has 0 unspecified atom stereocenters. The van der Waals surface area contributed by atoms with Gasteiger partial charge in [-0.15, -0.1) is 0 Å². The molecule has 32 heavy (non-hydrogen) atoms. The summed E-state index contributed by atoms with van der Waals surface area (Å²) in [6.07, 6.45) is 8.41. The van der Waals surface area contributed by atoms with Gasteiger partial charge >= 0.3 is 11.9 Å². The van der Waals surface area contributed by atoms with Crippen molar-refractivity contribution in [2.45, 2.75) is 84.5 Å². The normalized spacial score (nSPS) is 40.3. The summed E-state index contributed by atoms with van der Waals surface area (Å²) in [5.74, 6) is 1.03. The molecule has 4 aliphatic carbocycles. The van der Waals surface area contributed by atoms with Gasteiger partial charge in [-0.1, -0.05) is 13.8 Å². The van der Waals surface area contributed by atoms with E-state index >= 15 is 0 Å². The predicted molar refractivity (Wildman–Crippen MR) is 119 cm³/mol. The van der Waals surface area contributed by atoms with Crippen LogP contribution >= 0.6 is 0 Å². The molecule has 4 fully saturated rings. The third-order valence-electron chi connectivity index (χ3n) is 9.79. The van der Waals surface area contributed by atoms with E-state index in [4.69, 9.17) is 9.84 Å². The fourth-order valence-electron chi connectivity index (χ4n) is 8.11. The summed E-state index contributed by atoms with van der Waals surface area (Å²) in [6.45, 7) is 4.47. The van der Waals surface area contributed by atoms with E-state index in [1.165, 1.54) is 6.42 Å². The van der Waals surface area contributed by atoms with Crippen molar-refractivity contribution in [2.24, 2.45) is 40.4 Å². The van der Waals surface area contributed by atoms with Crippen LogP contribution in [0.25, 0.3) is 0 Å². The van der Waals surface area contributed by atoms with Gasteiger partial charge in [0.1, 0.15) is 12.4 Å². The van der Waals surface area contributed by atoms with Crippen LogP contribution in [0.3, 0.4) is 0 Å². The second-order valence-electron chi connectivity index (χ2n) is 11.1. The summed E-state index contributed by atoms with van der Waals surface area (Å²) < 4.78 is 5.11. The minimum absolute atomic E-state index is 0. The molecule has 0 spiro atoms. The van der Waals surface area contributed by atoms with E-state index in [1.807, 2.05) is 0 Å². The first-order valence-corrected chi connectivity index (χ1v) is 12.1. The Bertz CT molecular complexity index is 780. The molecule has 4 aliphatic rings. The van der Waals surface area contributed by atoms with Crippen LogP contribution in [-0.2, 0) is 23.9 Å². The number of esters is 1. The van der Waals surface area contributed by atoms with Crippen molar-refractivity contribution in [1.82, 2.24) is 0 Å². The quantitative estimate of drug-likeness (QED) is 0.483. The van der Waals surface area contributed by atoms with Gasteiger partial charge in [0.05, 0.1) is 12.8 Å². The molecule has 4 saturated carbocycles. The average Bonchev–Trinajstić information content (AvgIpc) is 3.08. The molecule has 0 bridgehead atoms. The first-order valence-electron chi connectivity index (χ1n) is 12.1. The number of Topliss-reactive ketones (excluding diaryl/α,β-unsaturated/α-hetero) is 2. The monoisotopic (exact) mass is 455 g/mol. The Morgan fingerprint density at radius 1 is 0.969 bits per heavy atom. The summed E-state index contributed by atoms with van der Waals surface area (Å²) in [7, 11) is 0. The molecule has 0 aromatic carbocycles. The number of fused-ring (bicyclic) bond motifs is 5. The number of aliphatic carboxylic acids is 1. The van der Waals surface area contributed by atoms with Crippen LogP contribution in [0.4, 0.5) is 0 Å². The Labute approximate surface area is 212 Å². The molecule has 0 amide bonds. The molecule has 0 aromatic heterocycles. The Morgan fingerprint density at radius 2 is 1.69 bits per heavy atom. The number of carboxylic acid groups (broad SMARTS) is 1. The third kappa shape index (κ3) is 4.61. The molecular weight excluding hydrogens is 419 g/mol. The van der Waals surface area contributed by atoms with Gasteiger partial charge in [-0.25, -0.2) is 0 Å². The molecule has 6 nitrogen and oxygen atoms in total. The van der Waals surface area contributed by atoms with Crippen LogP contribution in [0.2, 0.25) is 0 Å². The van der Waals surface area contributed by atoms with E-state index in [-0.39, 0.29) is 71.5 Å². The number of ketones is 2. The van der Waals surface area contributed by atoms with Crippen LogP contribution in [-0.4, -0.2) is 64.8 Å². The maximum atomic E-state index is 13.0. The van der Waals surface area contributed by atoms with E-state index in [2.05, 4.69) is 13.8 Å². The van der Waals surface area contributed by atoms with Gasteiger partial charge in [0.2, 0.25) is 0 Å². The van der Waals surface area contributed by atoms with E-state index < -0.39 is 11.9 Å². The number of hydrogen-bond acceptors (Lipinski definition) is 5. The molecule has 7 heteroatoms. The van der Waals surface area contributed by atoms with Gasteiger partial charge in [0.25, 0.3) is 0 Å². The van der Waals surface area contributed by atoms with E-state index in [0.29, 0.717) is 29.5 Å². The van der Waals surface area contributed by atoms with E-state index in [9.17, 15) is 19.2 Å². The molecule has 4 rings (SSSR count). The number of rotatable bonds is 6. The number of carbonyl (C=O) groups is 4. The van der Waals surface area contributed by atoms with Crippen LogP contribution in [0.5, 0.6) is 0 Å². The van der Waals surface area contributed by atoms with Crippen molar-refractivity contribution in [3.8, 4) is 0 Å². The van der Waals surface area contributed by atoms with Crippen LogP contribution in [0.15, 0.2) is 0 Å². The summed E-state index contributed by atoms with van der Waals surface area (Å²) in [6, 6.07) is 0. The Balaban J connectivity index is 0.00000289. The third-order valence-corrected chi connectivity index (χ3v) is 9.79. The smallest absolute Gasteiger partial charge is 0.306 e. The minimum atomic E-state index is -1.04. The molecular formula is C25H36NaO6. The molecule has 0 aromatic rings. The van der Waals surface area contributed by atoms with Crippen molar-refractivity contribution in [3.05, 3.63) is 0 Å². The Hall–Kier alpha value is -0.720. The number of carboxylic acids is 1. The molecule has 173 valence electrons. The van der Waals surface area contributed by atoms with Gasteiger partial charge in [-0.2, -0.15) is 0 Å². The number of carbonyl (C=O) groups excluding carboxylic acids is 3. The number of hydrogen-bond donors (Lipinski definition) is 1. The van der Waals surface area contributed by atoms with Gasteiger partial charge in [-0.3, -0.25) is 19.2 Å². The second-order valence-corrected chi connectivity index (χ2v) is 11.1. The van der Waals surface area contributed by atoms with Gasteiger partial charge in [-0.05, 0) is 79.4 Å². The van der Waals surface area contributed by atoms with Gasteiger partial charge < -0.3 is 9.84 Å². The predicted octanol–water partition coefficient (Wildman–Crippen LogP) is 3.81. The van der Waals surface area contributed by atoms with Crippen LogP contribution < -0.4 is 0 Å². The topological polar surface area (TPSA) is 97.7 Å². The van der Waals surface area contributed by atoms with Crippen LogP contribution in [0, 0.1) is 40.4 Å². The fourth-order valence-corrected chi connectivity index (χ4v) is 8.11. The summed E-state index contributed by atoms with van der Waals surface area (Å²) in [5.41, 5.74) is 0.222. The molecule has 0 heterocycles. The van der Waals surface area contributed by atoms with Crippen molar-refractivity contribution in [3.63, 3.8) is 0 Å². The molecule has 1 N–H and O–H groups in total. The van der Waals surface area contributed by atoms with Crippen molar-refractivity contribution in [2.75, 3.05) is 6.61 Å². The van der Waals surface area contributed by atoms with Crippen LogP contribution in [0.1, 0.15) is 84.5 Å². The Kier molecular flexibility index (Phi) is 7.99. The molecule has 0 saturated heterocycles. The molecule has 7 atom stereocenters. The SMILES string of the molecule is C[C@]12CCC(=O)C[C@H]1CC[C@@H]1[C@@H]2CC[C@]2(C)[C@@H](C(=O)COC(=O)CCC(=O)O)CC[C@@H]12.[Na]. The summed E-state index contributed by atoms with van der Waals surface area (Å²) in [5, 5.41) is 8.68. The largest absolute Gasteiger partial charge is 0.481 e. The maximum Gasteiger partial charge on any atom is 0.306 e. The average molecular weight is 456 g/mol. The molecule has 0 aliphatic heterocycles. The van der Waals surface area contributed by atoms with Crippen molar-refractivity contribution in [1.29, 1.82) is 0 Å². The van der Waals surface area contributed by atoms with Crippen molar-refractivity contribution >= 4 is 53.1 Å². The summed E-state index contributed by atoms with van der Waals surface area (Å²) in [4.78, 5) is 47.4. The van der Waals surface area contributed by atoms with Gasteiger partial charge in [0.15, 0.2) is 5.78 Å². The van der Waals surface area contributed by atoms with E-state index in [0.717, 1.165) is 51.4 Å². The zero-order valence-corrected chi connectivity index (χ0v) is 21.9.